The van der Waals surface area contributed by atoms with Gasteiger partial charge in [-0.15, -0.1) is 0 Å². The van der Waals surface area contributed by atoms with Crippen molar-refractivity contribution in [1.29, 1.82) is 0 Å². The van der Waals surface area contributed by atoms with Gasteiger partial charge in [0.15, 0.2) is 23.9 Å². The number of Topliss-reactive ketones (excluding diaryl/α,β-unsaturated/α-hetero) is 1. The fourth-order valence-electron chi connectivity index (χ4n) is 2.29. The standard InChI is InChI=1S/C17H21BrO6/c1-11-17(20)13-8-14(21-2)15(7-12(13)9-23-11)24-10-16(19)22-6-4-3-5-18/h7-8,11H,3-6,9-10H2,1-2H3. The van der Waals surface area contributed by atoms with E-state index in [0.29, 0.717) is 30.3 Å². The van der Waals surface area contributed by atoms with Crippen molar-refractivity contribution in [2.45, 2.75) is 32.5 Å². The number of halogens is 1. The Hall–Kier alpha value is -1.60. The molecule has 0 fully saturated rings. The maximum Gasteiger partial charge on any atom is 0.344 e. The third-order valence-electron chi connectivity index (χ3n) is 3.65. The highest BCUT2D eigenvalue weighted by Gasteiger charge is 2.27. The van der Waals surface area contributed by atoms with Crippen molar-refractivity contribution in [2.24, 2.45) is 0 Å². The van der Waals surface area contributed by atoms with Gasteiger partial charge in [-0.3, -0.25) is 4.79 Å². The van der Waals surface area contributed by atoms with E-state index in [0.717, 1.165) is 23.7 Å². The minimum Gasteiger partial charge on any atom is -0.493 e. The Labute approximate surface area is 149 Å². The Kier molecular flexibility index (Phi) is 7.05. The predicted octanol–water partition coefficient (Wildman–Crippen LogP) is 2.89. The normalized spacial score (nSPS) is 16.5. The molecule has 7 heteroatoms. The fraction of sp³-hybridized carbons (Fsp3) is 0.529. The summed E-state index contributed by atoms with van der Waals surface area (Å²) in [5, 5.41) is 0.882. The fourth-order valence-corrected chi connectivity index (χ4v) is 2.69. The molecule has 0 aromatic heterocycles. The zero-order chi connectivity index (χ0) is 17.5. The highest BCUT2D eigenvalue weighted by Crippen LogP contribution is 2.34. The topological polar surface area (TPSA) is 71.1 Å². The molecule has 1 aliphatic heterocycles. The smallest absolute Gasteiger partial charge is 0.344 e. The lowest BCUT2D eigenvalue weighted by Crippen LogP contribution is -2.27. The quantitative estimate of drug-likeness (QED) is 0.379. The minimum absolute atomic E-state index is 0.0905. The summed E-state index contributed by atoms with van der Waals surface area (Å²) in [6.45, 7) is 2.19. The Balaban J connectivity index is 2.00. The first-order chi connectivity index (χ1) is 11.6. The average molecular weight is 401 g/mol. The summed E-state index contributed by atoms with van der Waals surface area (Å²) in [5.74, 6) is 0.264. The van der Waals surface area contributed by atoms with Gasteiger partial charge in [-0.25, -0.2) is 4.79 Å². The number of methoxy groups -OCH3 is 1. The Morgan fingerprint density at radius 1 is 1.33 bits per heavy atom. The molecule has 24 heavy (non-hydrogen) atoms. The van der Waals surface area contributed by atoms with E-state index in [1.165, 1.54) is 7.11 Å². The van der Waals surface area contributed by atoms with Gasteiger partial charge in [0.05, 0.1) is 20.3 Å². The van der Waals surface area contributed by atoms with E-state index in [1.807, 2.05) is 0 Å². The number of ether oxygens (including phenoxy) is 4. The van der Waals surface area contributed by atoms with Crippen LogP contribution in [-0.2, 0) is 20.9 Å². The molecule has 0 spiro atoms. The molecule has 0 bridgehead atoms. The molecule has 1 unspecified atom stereocenters. The second-order valence-corrected chi connectivity index (χ2v) is 6.18. The zero-order valence-corrected chi connectivity index (χ0v) is 15.4. The highest BCUT2D eigenvalue weighted by atomic mass is 79.9. The first-order valence-corrected chi connectivity index (χ1v) is 8.90. The van der Waals surface area contributed by atoms with Crippen molar-refractivity contribution in [3.8, 4) is 11.5 Å². The van der Waals surface area contributed by atoms with E-state index >= 15 is 0 Å². The third-order valence-corrected chi connectivity index (χ3v) is 4.21. The monoisotopic (exact) mass is 400 g/mol. The number of carbonyl (C=O) groups is 2. The zero-order valence-electron chi connectivity index (χ0n) is 13.8. The van der Waals surface area contributed by atoms with Gasteiger partial charge in [0.2, 0.25) is 0 Å². The van der Waals surface area contributed by atoms with Gasteiger partial charge in [0.25, 0.3) is 0 Å². The Morgan fingerprint density at radius 3 is 2.83 bits per heavy atom. The van der Waals surface area contributed by atoms with Gasteiger partial charge < -0.3 is 18.9 Å². The number of alkyl halides is 1. The number of ketones is 1. The summed E-state index contributed by atoms with van der Waals surface area (Å²) >= 11 is 3.32. The summed E-state index contributed by atoms with van der Waals surface area (Å²) in [4.78, 5) is 23.8. The van der Waals surface area contributed by atoms with Crippen LogP contribution in [0.5, 0.6) is 11.5 Å². The molecule has 1 heterocycles. The van der Waals surface area contributed by atoms with Crippen molar-refractivity contribution in [2.75, 3.05) is 25.7 Å². The molecule has 2 rings (SSSR count). The van der Waals surface area contributed by atoms with Gasteiger partial charge in [-0.05, 0) is 37.5 Å². The second kappa shape index (κ2) is 9.03. The van der Waals surface area contributed by atoms with Crippen LogP contribution in [0.2, 0.25) is 0 Å². The van der Waals surface area contributed by atoms with Crippen molar-refractivity contribution >= 4 is 27.7 Å². The highest BCUT2D eigenvalue weighted by molar-refractivity contribution is 9.09. The average Bonchev–Trinajstić information content (AvgIpc) is 2.59. The van der Waals surface area contributed by atoms with Crippen molar-refractivity contribution in [3.05, 3.63) is 23.3 Å². The first kappa shape index (κ1) is 18.7. The summed E-state index contributed by atoms with van der Waals surface area (Å²) in [7, 11) is 1.49. The molecule has 0 N–H and O–H groups in total. The summed E-state index contributed by atoms with van der Waals surface area (Å²) in [5.41, 5.74) is 1.29. The SMILES string of the molecule is COc1cc2c(cc1OCC(=O)OCCCCBr)COC(C)C2=O. The number of unbranched alkanes of at least 4 members (excludes halogenated alkanes) is 1. The Morgan fingerprint density at radius 2 is 2.12 bits per heavy atom. The molecule has 1 aromatic rings. The van der Waals surface area contributed by atoms with Gasteiger partial charge >= 0.3 is 5.97 Å². The van der Waals surface area contributed by atoms with E-state index in [2.05, 4.69) is 15.9 Å². The van der Waals surface area contributed by atoms with Crippen LogP contribution >= 0.6 is 15.9 Å². The molecule has 1 aromatic carbocycles. The van der Waals surface area contributed by atoms with Crippen LogP contribution < -0.4 is 9.47 Å². The summed E-state index contributed by atoms with van der Waals surface area (Å²) in [6.07, 6.45) is 1.28. The summed E-state index contributed by atoms with van der Waals surface area (Å²) < 4.78 is 21.2. The minimum atomic E-state index is -0.469. The predicted molar refractivity (Wildman–Crippen MR) is 91.1 cm³/mol. The first-order valence-electron chi connectivity index (χ1n) is 7.78. The van der Waals surface area contributed by atoms with Crippen molar-refractivity contribution < 1.29 is 28.5 Å². The molecule has 1 aliphatic rings. The van der Waals surface area contributed by atoms with E-state index in [-0.39, 0.29) is 12.4 Å². The van der Waals surface area contributed by atoms with Crippen LogP contribution in [0, 0.1) is 0 Å². The van der Waals surface area contributed by atoms with E-state index in [1.54, 1.807) is 19.1 Å². The third kappa shape index (κ3) is 4.70. The van der Waals surface area contributed by atoms with Gasteiger partial charge in [0.1, 0.15) is 6.10 Å². The van der Waals surface area contributed by atoms with Crippen molar-refractivity contribution in [3.63, 3.8) is 0 Å². The molecule has 0 saturated carbocycles. The van der Waals surface area contributed by atoms with Gasteiger partial charge in [-0.1, -0.05) is 15.9 Å². The molecule has 0 aliphatic carbocycles. The molecule has 0 saturated heterocycles. The number of fused-ring (bicyclic) bond motifs is 1. The largest absolute Gasteiger partial charge is 0.493 e. The second-order valence-electron chi connectivity index (χ2n) is 5.38. The number of carbonyl (C=O) groups excluding carboxylic acids is 2. The number of hydrogen-bond donors (Lipinski definition) is 0. The van der Waals surface area contributed by atoms with Crippen LogP contribution in [-0.4, -0.2) is 43.5 Å². The number of benzene rings is 1. The number of rotatable bonds is 8. The van der Waals surface area contributed by atoms with E-state index in [4.69, 9.17) is 18.9 Å². The van der Waals surface area contributed by atoms with Crippen LogP contribution in [0.1, 0.15) is 35.7 Å². The molecule has 0 amide bonds. The van der Waals surface area contributed by atoms with Crippen LogP contribution in [0.3, 0.4) is 0 Å². The molecule has 0 radical (unpaired) electrons. The lowest BCUT2D eigenvalue weighted by molar-refractivity contribution is -0.146. The molecular weight excluding hydrogens is 380 g/mol. The van der Waals surface area contributed by atoms with Gasteiger partial charge in [0, 0.05) is 10.9 Å². The maximum absolute atomic E-state index is 12.1. The molecule has 6 nitrogen and oxygen atoms in total. The molecule has 132 valence electrons. The Bertz CT molecular complexity index is 601. The van der Waals surface area contributed by atoms with E-state index in [9.17, 15) is 9.59 Å². The van der Waals surface area contributed by atoms with E-state index < -0.39 is 12.1 Å². The number of esters is 1. The molecule has 1 atom stereocenters. The van der Waals surface area contributed by atoms with Crippen LogP contribution in [0.15, 0.2) is 12.1 Å². The van der Waals surface area contributed by atoms with Crippen LogP contribution in [0.4, 0.5) is 0 Å². The summed E-state index contributed by atoms with van der Waals surface area (Å²) in [6, 6.07) is 3.31. The van der Waals surface area contributed by atoms with Gasteiger partial charge in [-0.2, -0.15) is 0 Å². The molecular formula is C17H21BrO6. The van der Waals surface area contributed by atoms with Crippen molar-refractivity contribution in [1.82, 2.24) is 0 Å². The lowest BCUT2D eigenvalue weighted by Gasteiger charge is -2.22. The number of hydrogen-bond acceptors (Lipinski definition) is 6. The maximum atomic E-state index is 12.1. The lowest BCUT2D eigenvalue weighted by atomic mass is 9.97. The van der Waals surface area contributed by atoms with Crippen LogP contribution in [0.25, 0.3) is 0 Å².